The summed E-state index contributed by atoms with van der Waals surface area (Å²) in [5, 5.41) is 0. The lowest BCUT2D eigenvalue weighted by atomic mass is 10.0. The first-order valence-electron chi connectivity index (χ1n) is 8.94. The topological polar surface area (TPSA) is 57.9 Å². The quantitative estimate of drug-likeness (QED) is 0.580. The van der Waals surface area contributed by atoms with E-state index in [9.17, 15) is 4.79 Å². The number of methoxy groups -OCH3 is 1. The Morgan fingerprint density at radius 1 is 1.00 bits per heavy atom. The molecule has 0 bridgehead atoms. The average molecular weight is 376 g/mol. The van der Waals surface area contributed by atoms with Gasteiger partial charge in [-0.2, -0.15) is 0 Å². The molecule has 2 heterocycles. The van der Waals surface area contributed by atoms with E-state index in [-0.39, 0.29) is 11.5 Å². The Labute approximate surface area is 163 Å². The smallest absolute Gasteiger partial charge is 0.232 e. The Bertz CT molecular complexity index is 1060. The van der Waals surface area contributed by atoms with Crippen LogP contribution in [-0.4, -0.2) is 12.9 Å². The third-order valence-electron chi connectivity index (χ3n) is 4.54. The monoisotopic (exact) mass is 376 g/mol. The van der Waals surface area contributed by atoms with Gasteiger partial charge in [-0.05, 0) is 55.3 Å². The highest BCUT2D eigenvalue weighted by atomic mass is 16.5. The number of allylic oxidation sites excluding steroid dienone is 1. The number of benzene rings is 2. The lowest BCUT2D eigenvalue weighted by molar-refractivity contribution is 0.101. The van der Waals surface area contributed by atoms with E-state index < -0.39 is 0 Å². The number of ether oxygens (including phenoxy) is 3. The van der Waals surface area contributed by atoms with Gasteiger partial charge in [-0.25, -0.2) is 0 Å². The summed E-state index contributed by atoms with van der Waals surface area (Å²) in [7, 11) is 1.63. The van der Waals surface area contributed by atoms with Crippen LogP contribution in [0.4, 0.5) is 0 Å². The van der Waals surface area contributed by atoms with Crippen LogP contribution in [-0.2, 0) is 6.61 Å². The predicted molar refractivity (Wildman–Crippen MR) is 105 cm³/mol. The molecule has 0 fully saturated rings. The van der Waals surface area contributed by atoms with Crippen molar-refractivity contribution < 1.29 is 23.4 Å². The maximum Gasteiger partial charge on any atom is 0.232 e. The molecule has 2 aromatic carbocycles. The van der Waals surface area contributed by atoms with Gasteiger partial charge < -0.3 is 18.6 Å². The molecule has 0 spiro atoms. The highest BCUT2D eigenvalue weighted by molar-refractivity contribution is 6.15. The van der Waals surface area contributed by atoms with Crippen molar-refractivity contribution in [3.8, 4) is 17.2 Å². The molecule has 0 aliphatic carbocycles. The van der Waals surface area contributed by atoms with E-state index >= 15 is 0 Å². The molecule has 0 unspecified atom stereocenters. The van der Waals surface area contributed by atoms with Gasteiger partial charge in [0.15, 0.2) is 5.76 Å². The zero-order valence-corrected chi connectivity index (χ0v) is 15.9. The fraction of sp³-hybridized carbons (Fsp3) is 0.174. The second-order valence-corrected chi connectivity index (χ2v) is 6.64. The molecule has 28 heavy (non-hydrogen) atoms. The first kappa shape index (κ1) is 17.9. The van der Waals surface area contributed by atoms with Gasteiger partial charge in [0.2, 0.25) is 5.78 Å². The van der Waals surface area contributed by atoms with Crippen LogP contribution in [0.1, 0.15) is 33.0 Å². The van der Waals surface area contributed by atoms with Gasteiger partial charge in [0.25, 0.3) is 0 Å². The molecular weight excluding hydrogens is 356 g/mol. The third-order valence-corrected chi connectivity index (χ3v) is 4.54. The summed E-state index contributed by atoms with van der Waals surface area (Å²) in [5.41, 5.74) is 2.39. The number of rotatable bonds is 5. The van der Waals surface area contributed by atoms with E-state index in [1.165, 1.54) is 0 Å². The third kappa shape index (κ3) is 3.51. The Morgan fingerprint density at radius 3 is 2.46 bits per heavy atom. The minimum Gasteiger partial charge on any atom is -0.497 e. The second kappa shape index (κ2) is 7.27. The molecule has 0 N–H and O–H groups in total. The molecule has 1 aliphatic rings. The zero-order valence-electron chi connectivity index (χ0n) is 15.9. The van der Waals surface area contributed by atoms with Crippen molar-refractivity contribution in [2.45, 2.75) is 20.5 Å². The summed E-state index contributed by atoms with van der Waals surface area (Å²) >= 11 is 0. The summed E-state index contributed by atoms with van der Waals surface area (Å²) in [6.07, 6.45) is 1.62. The summed E-state index contributed by atoms with van der Waals surface area (Å²) in [4.78, 5) is 12.7. The van der Waals surface area contributed by atoms with Gasteiger partial charge in [0.1, 0.15) is 35.4 Å². The molecular formula is C23H20O5. The number of hydrogen-bond acceptors (Lipinski definition) is 5. The highest BCUT2D eigenvalue weighted by Gasteiger charge is 2.30. The number of Topliss-reactive ketones (excluding diaryl/α,β-unsaturated/α-hetero) is 1. The SMILES string of the molecule is COc1ccc(COc2cc(C)c3c(c2)O/C(=C\c2ccc(C)o2)C3=O)cc1. The molecule has 1 aliphatic heterocycles. The maximum atomic E-state index is 12.7. The van der Waals surface area contributed by atoms with Gasteiger partial charge in [-0.15, -0.1) is 0 Å². The van der Waals surface area contributed by atoms with Crippen molar-refractivity contribution in [3.63, 3.8) is 0 Å². The normalized spacial score (nSPS) is 14.1. The van der Waals surface area contributed by atoms with Gasteiger partial charge in [0, 0.05) is 12.1 Å². The number of carbonyl (C=O) groups excluding carboxylic acids is 1. The van der Waals surface area contributed by atoms with Crippen molar-refractivity contribution in [2.75, 3.05) is 7.11 Å². The minimum absolute atomic E-state index is 0.150. The van der Waals surface area contributed by atoms with Crippen molar-refractivity contribution in [2.24, 2.45) is 0 Å². The molecule has 0 atom stereocenters. The van der Waals surface area contributed by atoms with E-state index in [1.54, 1.807) is 25.3 Å². The maximum absolute atomic E-state index is 12.7. The highest BCUT2D eigenvalue weighted by Crippen LogP contribution is 2.37. The lowest BCUT2D eigenvalue weighted by Crippen LogP contribution is -2.00. The molecule has 5 nitrogen and oxygen atoms in total. The van der Waals surface area contributed by atoms with Crippen LogP contribution in [0.25, 0.3) is 6.08 Å². The van der Waals surface area contributed by atoms with Crippen molar-refractivity contribution in [3.05, 3.63) is 82.5 Å². The van der Waals surface area contributed by atoms with Crippen molar-refractivity contribution in [1.29, 1.82) is 0 Å². The fourth-order valence-corrected chi connectivity index (χ4v) is 3.11. The van der Waals surface area contributed by atoms with Crippen molar-refractivity contribution >= 4 is 11.9 Å². The molecule has 5 heteroatoms. The molecule has 1 aromatic heterocycles. The zero-order chi connectivity index (χ0) is 19.7. The van der Waals surface area contributed by atoms with Gasteiger partial charge in [-0.3, -0.25) is 4.79 Å². The summed E-state index contributed by atoms with van der Waals surface area (Å²) in [6, 6.07) is 14.9. The summed E-state index contributed by atoms with van der Waals surface area (Å²) < 4.78 is 22.4. The van der Waals surface area contributed by atoms with Crippen LogP contribution in [0.15, 0.2) is 58.7 Å². The molecule has 0 saturated carbocycles. The van der Waals surface area contributed by atoms with Gasteiger partial charge >= 0.3 is 0 Å². The van der Waals surface area contributed by atoms with E-state index in [0.717, 1.165) is 22.6 Å². The summed E-state index contributed by atoms with van der Waals surface area (Å²) in [6.45, 7) is 4.13. The first-order valence-corrected chi connectivity index (χ1v) is 8.94. The largest absolute Gasteiger partial charge is 0.497 e. The van der Waals surface area contributed by atoms with Crippen LogP contribution in [0.2, 0.25) is 0 Å². The number of aryl methyl sites for hydroxylation is 2. The summed E-state index contributed by atoms with van der Waals surface area (Å²) in [5.74, 6) is 3.42. The Hall–Kier alpha value is -3.47. The first-order chi connectivity index (χ1) is 13.5. The van der Waals surface area contributed by atoms with E-state index in [2.05, 4.69) is 0 Å². The fourth-order valence-electron chi connectivity index (χ4n) is 3.11. The molecule has 3 aromatic rings. The van der Waals surface area contributed by atoms with Crippen LogP contribution < -0.4 is 14.2 Å². The molecule has 0 saturated heterocycles. The minimum atomic E-state index is -0.150. The number of hydrogen-bond donors (Lipinski definition) is 0. The number of fused-ring (bicyclic) bond motifs is 1. The number of carbonyl (C=O) groups is 1. The molecule has 142 valence electrons. The Morgan fingerprint density at radius 2 is 1.79 bits per heavy atom. The molecule has 4 rings (SSSR count). The number of furan rings is 1. The van der Waals surface area contributed by atoms with Crippen LogP contribution in [0.5, 0.6) is 17.2 Å². The van der Waals surface area contributed by atoms with Crippen LogP contribution in [0.3, 0.4) is 0 Å². The predicted octanol–water partition coefficient (Wildman–Crippen LogP) is 5.10. The van der Waals surface area contributed by atoms with E-state index in [1.807, 2.05) is 50.2 Å². The molecule has 0 amide bonds. The number of ketones is 1. The molecule has 0 radical (unpaired) electrons. The van der Waals surface area contributed by atoms with Gasteiger partial charge in [0.05, 0.1) is 12.7 Å². The van der Waals surface area contributed by atoms with Gasteiger partial charge in [-0.1, -0.05) is 12.1 Å². The average Bonchev–Trinajstić information content (AvgIpc) is 3.24. The second-order valence-electron chi connectivity index (χ2n) is 6.64. The standard InChI is InChI=1S/C23H20O5/c1-14-10-19(26-13-16-5-8-17(25-3)9-6-16)12-20-22(14)23(24)21(28-20)11-18-7-4-15(2)27-18/h4-12H,13H2,1-3H3/b21-11-. The van der Waals surface area contributed by atoms with Crippen molar-refractivity contribution in [1.82, 2.24) is 0 Å². The van der Waals surface area contributed by atoms with E-state index in [4.69, 9.17) is 18.6 Å². The lowest BCUT2D eigenvalue weighted by Gasteiger charge is -2.09. The van der Waals surface area contributed by atoms with Crippen LogP contribution >= 0.6 is 0 Å². The van der Waals surface area contributed by atoms with Crippen LogP contribution in [0, 0.1) is 13.8 Å². The Kier molecular flexibility index (Phi) is 4.65. The van der Waals surface area contributed by atoms with E-state index in [0.29, 0.717) is 29.4 Å². The Balaban J connectivity index is 1.53.